The number of hydrogen-bond acceptors (Lipinski definition) is 5. The Morgan fingerprint density at radius 1 is 1.04 bits per heavy atom. The SMILES string of the molecule is O=C(Nc1ccc(NCCc2ccc(Cl)cc2)nc1)c1ccc2c(c1)OCO2. The van der Waals surface area contributed by atoms with Crippen LogP contribution in [0.1, 0.15) is 15.9 Å². The first kappa shape index (κ1) is 18.1. The van der Waals surface area contributed by atoms with Crippen LogP contribution < -0.4 is 20.1 Å². The Hall–Kier alpha value is -3.25. The van der Waals surface area contributed by atoms with Gasteiger partial charge in [0.2, 0.25) is 6.79 Å². The first-order valence-electron chi connectivity index (χ1n) is 8.83. The van der Waals surface area contributed by atoms with Crippen LogP contribution in [0.15, 0.2) is 60.8 Å². The fraction of sp³-hybridized carbons (Fsp3) is 0.143. The van der Waals surface area contributed by atoms with Crippen molar-refractivity contribution in [3.8, 4) is 11.5 Å². The second-order valence-electron chi connectivity index (χ2n) is 6.26. The third kappa shape index (κ3) is 4.35. The second-order valence-corrected chi connectivity index (χ2v) is 6.69. The normalized spacial score (nSPS) is 11.9. The number of amides is 1. The van der Waals surface area contributed by atoms with Crippen molar-refractivity contribution in [1.82, 2.24) is 4.98 Å². The van der Waals surface area contributed by atoms with Crippen LogP contribution in [-0.4, -0.2) is 24.2 Å². The van der Waals surface area contributed by atoms with Gasteiger partial charge >= 0.3 is 0 Å². The summed E-state index contributed by atoms with van der Waals surface area (Å²) in [4.78, 5) is 16.7. The maximum Gasteiger partial charge on any atom is 0.255 e. The third-order valence-corrected chi connectivity index (χ3v) is 4.54. The molecule has 4 rings (SSSR count). The number of hydrogen-bond donors (Lipinski definition) is 2. The van der Waals surface area contributed by atoms with E-state index in [-0.39, 0.29) is 12.7 Å². The summed E-state index contributed by atoms with van der Waals surface area (Å²) in [6.07, 6.45) is 2.48. The van der Waals surface area contributed by atoms with Crippen molar-refractivity contribution in [2.24, 2.45) is 0 Å². The molecule has 1 aliphatic rings. The molecule has 2 aromatic carbocycles. The molecule has 0 unspecified atom stereocenters. The molecular formula is C21H18ClN3O3. The van der Waals surface area contributed by atoms with E-state index in [2.05, 4.69) is 15.6 Å². The number of rotatable bonds is 6. The quantitative estimate of drug-likeness (QED) is 0.648. The average molecular weight is 396 g/mol. The number of ether oxygens (including phenoxy) is 2. The smallest absolute Gasteiger partial charge is 0.255 e. The molecule has 0 atom stereocenters. The molecule has 0 fully saturated rings. The summed E-state index contributed by atoms with van der Waals surface area (Å²) in [5.41, 5.74) is 2.31. The number of carbonyl (C=O) groups excluding carboxylic acids is 1. The molecule has 0 bridgehead atoms. The van der Waals surface area contributed by atoms with Gasteiger partial charge in [-0.2, -0.15) is 0 Å². The highest BCUT2D eigenvalue weighted by Crippen LogP contribution is 2.32. The molecular weight excluding hydrogens is 378 g/mol. The summed E-state index contributed by atoms with van der Waals surface area (Å²) in [5, 5.41) is 6.82. The minimum Gasteiger partial charge on any atom is -0.454 e. The van der Waals surface area contributed by atoms with Gasteiger partial charge in [-0.1, -0.05) is 23.7 Å². The van der Waals surface area contributed by atoms with E-state index in [0.29, 0.717) is 22.7 Å². The third-order valence-electron chi connectivity index (χ3n) is 4.29. The highest BCUT2D eigenvalue weighted by atomic mass is 35.5. The van der Waals surface area contributed by atoms with E-state index >= 15 is 0 Å². The van der Waals surface area contributed by atoms with Crippen LogP contribution in [0.2, 0.25) is 5.02 Å². The van der Waals surface area contributed by atoms with Crippen molar-refractivity contribution in [2.75, 3.05) is 24.0 Å². The van der Waals surface area contributed by atoms with Crippen molar-refractivity contribution >= 4 is 29.0 Å². The van der Waals surface area contributed by atoms with Gasteiger partial charge in [-0.25, -0.2) is 4.98 Å². The molecule has 3 aromatic rings. The van der Waals surface area contributed by atoms with Crippen molar-refractivity contribution in [2.45, 2.75) is 6.42 Å². The van der Waals surface area contributed by atoms with E-state index in [1.54, 1.807) is 24.4 Å². The van der Waals surface area contributed by atoms with Crippen molar-refractivity contribution in [3.05, 3.63) is 76.9 Å². The molecule has 28 heavy (non-hydrogen) atoms. The zero-order valence-electron chi connectivity index (χ0n) is 14.9. The molecule has 0 radical (unpaired) electrons. The van der Waals surface area contributed by atoms with Crippen molar-refractivity contribution < 1.29 is 14.3 Å². The lowest BCUT2D eigenvalue weighted by molar-refractivity contribution is 0.102. The molecule has 1 aliphatic heterocycles. The predicted molar refractivity (Wildman–Crippen MR) is 108 cm³/mol. The molecule has 1 aromatic heterocycles. The van der Waals surface area contributed by atoms with Gasteiger partial charge in [0.15, 0.2) is 11.5 Å². The Morgan fingerprint density at radius 3 is 2.64 bits per heavy atom. The number of pyridine rings is 1. The molecule has 6 nitrogen and oxygen atoms in total. The Bertz CT molecular complexity index is 975. The van der Waals surface area contributed by atoms with E-state index in [9.17, 15) is 4.79 Å². The van der Waals surface area contributed by atoms with Gasteiger partial charge in [0, 0.05) is 17.1 Å². The molecule has 7 heteroatoms. The summed E-state index contributed by atoms with van der Waals surface area (Å²) in [5.74, 6) is 1.73. The zero-order chi connectivity index (χ0) is 19.3. The lowest BCUT2D eigenvalue weighted by Gasteiger charge is -2.08. The van der Waals surface area contributed by atoms with Crippen LogP contribution in [0.4, 0.5) is 11.5 Å². The van der Waals surface area contributed by atoms with Crippen LogP contribution in [0.3, 0.4) is 0 Å². The van der Waals surface area contributed by atoms with E-state index in [1.807, 2.05) is 36.4 Å². The Labute approximate surface area is 167 Å². The Balaban J connectivity index is 1.30. The maximum atomic E-state index is 12.4. The average Bonchev–Trinajstić information content (AvgIpc) is 3.18. The van der Waals surface area contributed by atoms with Gasteiger partial charge in [0.25, 0.3) is 5.91 Å². The topological polar surface area (TPSA) is 72.5 Å². The van der Waals surface area contributed by atoms with Gasteiger partial charge < -0.3 is 20.1 Å². The van der Waals surface area contributed by atoms with Crippen LogP contribution in [-0.2, 0) is 6.42 Å². The number of nitrogens with zero attached hydrogens (tertiary/aromatic N) is 1. The molecule has 0 saturated carbocycles. The number of anilines is 2. The van der Waals surface area contributed by atoms with Crippen LogP contribution in [0, 0.1) is 0 Å². The first-order valence-corrected chi connectivity index (χ1v) is 9.20. The maximum absolute atomic E-state index is 12.4. The summed E-state index contributed by atoms with van der Waals surface area (Å²) in [6.45, 7) is 0.925. The molecule has 0 aliphatic carbocycles. The lowest BCUT2D eigenvalue weighted by atomic mass is 10.1. The number of halogens is 1. The number of fused-ring (bicyclic) bond motifs is 1. The number of aromatic nitrogens is 1. The standard InChI is InChI=1S/C21H18ClN3O3/c22-16-4-1-14(2-5-16)9-10-23-20-8-6-17(12-24-20)25-21(26)15-3-7-18-19(11-15)28-13-27-18/h1-8,11-12H,9-10,13H2,(H,23,24)(H,25,26). The van der Waals surface area contributed by atoms with Gasteiger partial charge in [0.05, 0.1) is 11.9 Å². The minimum atomic E-state index is -0.233. The van der Waals surface area contributed by atoms with Crippen molar-refractivity contribution in [3.63, 3.8) is 0 Å². The molecule has 2 N–H and O–H groups in total. The largest absolute Gasteiger partial charge is 0.454 e. The fourth-order valence-electron chi connectivity index (χ4n) is 2.80. The highest BCUT2D eigenvalue weighted by molar-refractivity contribution is 6.30. The van der Waals surface area contributed by atoms with Crippen LogP contribution in [0.25, 0.3) is 0 Å². The predicted octanol–water partition coefficient (Wildman–Crippen LogP) is 4.37. The van der Waals surface area contributed by atoms with Gasteiger partial charge in [-0.05, 0) is 54.4 Å². The number of benzene rings is 2. The second kappa shape index (κ2) is 8.19. The summed E-state index contributed by atoms with van der Waals surface area (Å²) in [7, 11) is 0. The lowest BCUT2D eigenvalue weighted by Crippen LogP contribution is -2.12. The number of carbonyl (C=O) groups is 1. The van der Waals surface area contributed by atoms with Crippen LogP contribution in [0.5, 0.6) is 11.5 Å². The van der Waals surface area contributed by atoms with Gasteiger partial charge in [0.1, 0.15) is 5.82 Å². The molecule has 1 amide bonds. The van der Waals surface area contributed by atoms with E-state index < -0.39 is 0 Å². The Kier molecular flexibility index (Phi) is 5.30. The van der Waals surface area contributed by atoms with Gasteiger partial charge in [-0.15, -0.1) is 0 Å². The molecule has 0 spiro atoms. The number of nitrogens with one attached hydrogen (secondary N) is 2. The fourth-order valence-corrected chi connectivity index (χ4v) is 2.93. The van der Waals surface area contributed by atoms with Crippen molar-refractivity contribution in [1.29, 1.82) is 0 Å². The van der Waals surface area contributed by atoms with Gasteiger partial charge in [-0.3, -0.25) is 4.79 Å². The monoisotopic (exact) mass is 395 g/mol. The molecule has 2 heterocycles. The zero-order valence-corrected chi connectivity index (χ0v) is 15.7. The summed E-state index contributed by atoms with van der Waals surface area (Å²) >= 11 is 5.89. The molecule has 0 saturated heterocycles. The van der Waals surface area contributed by atoms with Crippen LogP contribution >= 0.6 is 11.6 Å². The highest BCUT2D eigenvalue weighted by Gasteiger charge is 2.16. The van der Waals surface area contributed by atoms with E-state index in [1.165, 1.54) is 5.56 Å². The Morgan fingerprint density at radius 2 is 1.86 bits per heavy atom. The molecule has 142 valence electrons. The summed E-state index contributed by atoms with van der Waals surface area (Å²) < 4.78 is 10.6. The van der Waals surface area contributed by atoms with E-state index in [0.717, 1.165) is 23.8 Å². The summed E-state index contributed by atoms with van der Waals surface area (Å²) in [6, 6.07) is 16.5. The minimum absolute atomic E-state index is 0.177. The first-order chi connectivity index (χ1) is 13.7. The van der Waals surface area contributed by atoms with E-state index in [4.69, 9.17) is 21.1 Å².